The van der Waals surface area contributed by atoms with Crippen LogP contribution in [-0.2, 0) is 0 Å². The molecule has 1 aromatic rings. The molecule has 0 spiro atoms. The van der Waals surface area contributed by atoms with E-state index in [4.69, 9.17) is 11.6 Å². The van der Waals surface area contributed by atoms with Gasteiger partial charge in [-0.3, -0.25) is 4.79 Å². The van der Waals surface area contributed by atoms with Gasteiger partial charge in [-0.1, -0.05) is 17.7 Å². The number of hydrogen-bond donors (Lipinski definition) is 1. The molecule has 0 bridgehead atoms. The maximum Gasteiger partial charge on any atom is 0.319 e. The summed E-state index contributed by atoms with van der Waals surface area (Å²) in [6.07, 6.45) is 1.82. The van der Waals surface area contributed by atoms with Gasteiger partial charge in [0, 0.05) is 44.3 Å². The molecular formula is C16H22ClN3O2. The smallest absolute Gasteiger partial charge is 0.319 e. The van der Waals surface area contributed by atoms with E-state index in [0.29, 0.717) is 23.0 Å². The molecule has 1 saturated heterocycles. The highest BCUT2D eigenvalue weighted by Gasteiger charge is 2.24. The van der Waals surface area contributed by atoms with Crippen LogP contribution in [0, 0.1) is 5.92 Å². The van der Waals surface area contributed by atoms with Gasteiger partial charge >= 0.3 is 6.03 Å². The molecule has 0 aliphatic carbocycles. The molecule has 2 rings (SSSR count). The molecule has 0 atom stereocenters. The quantitative estimate of drug-likeness (QED) is 0.929. The average Bonchev–Trinajstić information content (AvgIpc) is 2.52. The van der Waals surface area contributed by atoms with Crippen molar-refractivity contribution < 1.29 is 9.59 Å². The van der Waals surface area contributed by atoms with Gasteiger partial charge in [0.05, 0.1) is 0 Å². The summed E-state index contributed by atoms with van der Waals surface area (Å²) in [6, 6.07) is 6.98. The maximum absolute atomic E-state index is 12.1. The first-order chi connectivity index (χ1) is 10.5. The first-order valence-electron chi connectivity index (χ1n) is 7.47. The predicted octanol–water partition coefficient (Wildman–Crippen LogP) is 2.46. The van der Waals surface area contributed by atoms with Gasteiger partial charge in [-0.25, -0.2) is 4.79 Å². The van der Waals surface area contributed by atoms with Crippen LogP contribution in [0.15, 0.2) is 24.3 Å². The summed E-state index contributed by atoms with van der Waals surface area (Å²) in [6.45, 7) is 2.12. The second-order valence-corrected chi connectivity index (χ2v) is 6.26. The van der Waals surface area contributed by atoms with Crippen molar-refractivity contribution in [2.75, 3.05) is 33.7 Å². The molecule has 1 N–H and O–H groups in total. The van der Waals surface area contributed by atoms with Gasteiger partial charge in [-0.15, -0.1) is 0 Å². The summed E-state index contributed by atoms with van der Waals surface area (Å²) in [5.41, 5.74) is 0.577. The average molecular weight is 324 g/mol. The topological polar surface area (TPSA) is 52.7 Å². The SMILES string of the molecule is CN(C)C(=O)N1CCC(CNC(=O)c2cccc(Cl)c2)CC1. The first kappa shape index (κ1) is 16.6. The maximum atomic E-state index is 12.1. The van der Waals surface area contributed by atoms with E-state index in [9.17, 15) is 9.59 Å². The fourth-order valence-electron chi connectivity index (χ4n) is 2.58. The number of rotatable bonds is 3. The molecule has 5 nitrogen and oxygen atoms in total. The largest absolute Gasteiger partial charge is 0.352 e. The van der Waals surface area contributed by atoms with Gasteiger partial charge in [0.25, 0.3) is 5.91 Å². The Morgan fingerprint density at radius 2 is 2.00 bits per heavy atom. The second kappa shape index (κ2) is 7.49. The van der Waals surface area contributed by atoms with E-state index in [2.05, 4.69) is 5.32 Å². The van der Waals surface area contributed by atoms with Crippen LogP contribution in [-0.4, -0.2) is 55.5 Å². The number of benzene rings is 1. The van der Waals surface area contributed by atoms with Crippen LogP contribution >= 0.6 is 11.6 Å². The van der Waals surface area contributed by atoms with Crippen molar-refractivity contribution in [2.45, 2.75) is 12.8 Å². The highest BCUT2D eigenvalue weighted by atomic mass is 35.5. The van der Waals surface area contributed by atoms with Crippen molar-refractivity contribution in [3.8, 4) is 0 Å². The van der Waals surface area contributed by atoms with Crippen molar-refractivity contribution in [3.63, 3.8) is 0 Å². The normalized spacial score (nSPS) is 15.5. The fourth-order valence-corrected chi connectivity index (χ4v) is 2.77. The molecule has 1 heterocycles. The number of hydrogen-bond acceptors (Lipinski definition) is 2. The molecule has 0 aromatic heterocycles. The Kier molecular flexibility index (Phi) is 5.66. The van der Waals surface area contributed by atoms with Crippen LogP contribution in [0.4, 0.5) is 4.79 Å². The summed E-state index contributed by atoms with van der Waals surface area (Å²) in [5, 5.41) is 3.51. The lowest BCUT2D eigenvalue weighted by atomic mass is 9.97. The summed E-state index contributed by atoms with van der Waals surface area (Å²) < 4.78 is 0. The molecule has 3 amide bonds. The third kappa shape index (κ3) is 4.37. The number of carbonyl (C=O) groups is 2. The fraction of sp³-hybridized carbons (Fsp3) is 0.500. The minimum absolute atomic E-state index is 0.0569. The zero-order valence-corrected chi connectivity index (χ0v) is 13.8. The third-order valence-electron chi connectivity index (χ3n) is 3.91. The molecule has 120 valence electrons. The van der Waals surface area contributed by atoms with E-state index in [1.807, 2.05) is 4.90 Å². The van der Waals surface area contributed by atoms with E-state index in [0.717, 1.165) is 25.9 Å². The van der Waals surface area contributed by atoms with Crippen LogP contribution in [0.2, 0.25) is 5.02 Å². The molecular weight excluding hydrogens is 302 g/mol. The van der Waals surface area contributed by atoms with Gasteiger partial charge in [0.2, 0.25) is 0 Å². The number of carbonyl (C=O) groups excluding carboxylic acids is 2. The molecule has 1 aliphatic rings. The Bertz CT molecular complexity index is 540. The van der Waals surface area contributed by atoms with Crippen molar-refractivity contribution in [1.82, 2.24) is 15.1 Å². The van der Waals surface area contributed by atoms with Crippen molar-refractivity contribution in [1.29, 1.82) is 0 Å². The molecule has 6 heteroatoms. The molecule has 1 fully saturated rings. The van der Waals surface area contributed by atoms with Gasteiger partial charge in [0.15, 0.2) is 0 Å². The summed E-state index contributed by atoms with van der Waals surface area (Å²) in [4.78, 5) is 27.4. The zero-order valence-electron chi connectivity index (χ0n) is 13.0. The van der Waals surface area contributed by atoms with E-state index in [1.165, 1.54) is 0 Å². The highest BCUT2D eigenvalue weighted by Crippen LogP contribution is 2.17. The van der Waals surface area contributed by atoms with Crippen molar-refractivity contribution in [2.24, 2.45) is 5.92 Å². The van der Waals surface area contributed by atoms with Crippen LogP contribution in [0.1, 0.15) is 23.2 Å². The van der Waals surface area contributed by atoms with E-state index < -0.39 is 0 Å². The number of nitrogens with one attached hydrogen (secondary N) is 1. The predicted molar refractivity (Wildman–Crippen MR) is 87.2 cm³/mol. The molecule has 0 saturated carbocycles. The summed E-state index contributed by atoms with van der Waals surface area (Å²) >= 11 is 5.89. The van der Waals surface area contributed by atoms with Crippen molar-refractivity contribution in [3.05, 3.63) is 34.9 Å². The minimum Gasteiger partial charge on any atom is -0.352 e. The van der Waals surface area contributed by atoms with E-state index in [1.54, 1.807) is 43.3 Å². The lowest BCUT2D eigenvalue weighted by Gasteiger charge is -2.33. The Labute approximate surface area is 136 Å². The number of halogens is 1. The Balaban J connectivity index is 1.77. The van der Waals surface area contributed by atoms with E-state index >= 15 is 0 Å². The molecule has 0 radical (unpaired) electrons. The number of piperidine rings is 1. The second-order valence-electron chi connectivity index (χ2n) is 5.83. The van der Waals surface area contributed by atoms with Crippen LogP contribution in [0.3, 0.4) is 0 Å². The monoisotopic (exact) mass is 323 g/mol. The third-order valence-corrected chi connectivity index (χ3v) is 4.14. The zero-order chi connectivity index (χ0) is 16.1. The van der Waals surface area contributed by atoms with Gasteiger partial charge in [-0.05, 0) is 37.0 Å². The molecule has 1 aliphatic heterocycles. The molecule has 0 unspecified atom stereocenters. The van der Waals surface area contributed by atoms with Gasteiger partial charge in [-0.2, -0.15) is 0 Å². The highest BCUT2D eigenvalue weighted by molar-refractivity contribution is 6.30. The minimum atomic E-state index is -0.103. The van der Waals surface area contributed by atoms with Gasteiger partial charge < -0.3 is 15.1 Å². The lowest BCUT2D eigenvalue weighted by molar-refractivity contribution is 0.0935. The number of amides is 3. The lowest BCUT2D eigenvalue weighted by Crippen LogP contribution is -2.45. The molecule has 22 heavy (non-hydrogen) atoms. The van der Waals surface area contributed by atoms with Crippen LogP contribution in [0.5, 0.6) is 0 Å². The van der Waals surface area contributed by atoms with Crippen molar-refractivity contribution >= 4 is 23.5 Å². The Morgan fingerprint density at radius 3 is 2.59 bits per heavy atom. The summed E-state index contributed by atoms with van der Waals surface area (Å²) in [5.74, 6) is 0.309. The number of likely N-dealkylation sites (tertiary alicyclic amines) is 1. The van der Waals surface area contributed by atoms with E-state index in [-0.39, 0.29) is 11.9 Å². The summed E-state index contributed by atoms with van der Waals surface area (Å²) in [7, 11) is 3.53. The van der Waals surface area contributed by atoms with Gasteiger partial charge in [0.1, 0.15) is 0 Å². The number of urea groups is 1. The molecule has 1 aromatic carbocycles. The standard InChI is InChI=1S/C16H22ClN3O2/c1-19(2)16(22)20-8-6-12(7-9-20)11-18-15(21)13-4-3-5-14(17)10-13/h3-5,10,12H,6-9,11H2,1-2H3,(H,18,21). The van der Waals surface area contributed by atoms with Crippen LogP contribution in [0.25, 0.3) is 0 Å². The first-order valence-corrected chi connectivity index (χ1v) is 7.85. The Hall–Kier alpha value is -1.75. The Morgan fingerprint density at radius 1 is 1.32 bits per heavy atom. The van der Waals surface area contributed by atoms with Crippen LogP contribution < -0.4 is 5.32 Å². The number of nitrogens with zero attached hydrogens (tertiary/aromatic N) is 2.